The van der Waals surface area contributed by atoms with E-state index < -0.39 is 16.1 Å². The predicted molar refractivity (Wildman–Crippen MR) is 144 cm³/mol. The van der Waals surface area contributed by atoms with Crippen molar-refractivity contribution >= 4 is 39.1 Å². The fraction of sp³-hybridized carbons (Fsp3) is 0.481. The zero-order chi connectivity index (χ0) is 26.3. The lowest BCUT2D eigenvalue weighted by Gasteiger charge is -2.30. The van der Waals surface area contributed by atoms with Crippen LogP contribution in [0.25, 0.3) is 0 Å². The van der Waals surface area contributed by atoms with Crippen LogP contribution in [0.15, 0.2) is 48.5 Å². The molecule has 196 valence electrons. The zero-order valence-electron chi connectivity index (χ0n) is 21.2. The molecule has 0 aromatic heterocycles. The minimum absolute atomic E-state index is 0.111. The van der Waals surface area contributed by atoms with Gasteiger partial charge in [0, 0.05) is 30.6 Å². The smallest absolute Gasteiger partial charge is 0.242 e. The van der Waals surface area contributed by atoms with Gasteiger partial charge in [0.05, 0.1) is 11.9 Å². The van der Waals surface area contributed by atoms with Gasteiger partial charge in [-0.3, -0.25) is 13.9 Å². The van der Waals surface area contributed by atoms with Crippen molar-refractivity contribution in [2.24, 2.45) is 0 Å². The average molecular weight is 534 g/mol. The van der Waals surface area contributed by atoms with E-state index in [2.05, 4.69) is 5.32 Å². The molecule has 1 aliphatic rings. The molecule has 2 aromatic carbocycles. The van der Waals surface area contributed by atoms with Crippen molar-refractivity contribution in [1.82, 2.24) is 10.2 Å². The van der Waals surface area contributed by atoms with Crippen LogP contribution in [0.2, 0.25) is 5.02 Å². The maximum atomic E-state index is 13.4. The van der Waals surface area contributed by atoms with Crippen LogP contribution in [0.1, 0.15) is 56.6 Å². The van der Waals surface area contributed by atoms with E-state index in [0.717, 1.165) is 43.1 Å². The number of nitrogens with zero attached hydrogens (tertiary/aromatic N) is 2. The lowest BCUT2D eigenvalue weighted by Crippen LogP contribution is -2.49. The van der Waals surface area contributed by atoms with E-state index in [-0.39, 0.29) is 37.4 Å². The highest BCUT2D eigenvalue weighted by molar-refractivity contribution is 7.92. The standard InChI is InChI=1S/C27H36ClN3O4S/c1-20-9-6-14-25(17-20)31(36(3,34)35)16-8-15-26(32)30(19-22-10-7-11-23(28)18-22)21(2)27(33)29-24-12-4-5-13-24/h6-7,9-11,14,17-18,21,24H,4-5,8,12-13,15-16,19H2,1-3H3,(H,29,33)/t21-/m0/s1. The normalized spacial score (nSPS) is 14.9. The molecular formula is C27H36ClN3O4S. The molecule has 0 spiro atoms. The Hall–Kier alpha value is -2.58. The van der Waals surface area contributed by atoms with Gasteiger partial charge in [0.1, 0.15) is 6.04 Å². The van der Waals surface area contributed by atoms with E-state index in [1.165, 1.54) is 4.31 Å². The molecule has 0 aliphatic heterocycles. The fourth-order valence-electron chi connectivity index (χ4n) is 4.59. The number of amides is 2. The third kappa shape index (κ3) is 7.96. The van der Waals surface area contributed by atoms with E-state index in [1.54, 1.807) is 30.0 Å². The van der Waals surface area contributed by atoms with Crippen LogP contribution in [0.5, 0.6) is 0 Å². The molecule has 0 bridgehead atoms. The molecule has 3 rings (SSSR count). The van der Waals surface area contributed by atoms with Crippen LogP contribution in [-0.2, 0) is 26.2 Å². The van der Waals surface area contributed by atoms with Crippen LogP contribution in [-0.4, -0.2) is 50.0 Å². The van der Waals surface area contributed by atoms with Crippen molar-refractivity contribution in [2.75, 3.05) is 17.1 Å². The number of hydrogen-bond acceptors (Lipinski definition) is 4. The van der Waals surface area contributed by atoms with Crippen LogP contribution in [0.4, 0.5) is 5.69 Å². The summed E-state index contributed by atoms with van der Waals surface area (Å²) >= 11 is 6.15. The molecule has 1 saturated carbocycles. The summed E-state index contributed by atoms with van der Waals surface area (Å²) in [7, 11) is -3.52. The maximum absolute atomic E-state index is 13.4. The van der Waals surface area contributed by atoms with Crippen molar-refractivity contribution in [3.8, 4) is 0 Å². The maximum Gasteiger partial charge on any atom is 0.242 e. The molecule has 2 aromatic rings. The first-order valence-electron chi connectivity index (χ1n) is 12.4. The minimum Gasteiger partial charge on any atom is -0.352 e. The van der Waals surface area contributed by atoms with Crippen molar-refractivity contribution < 1.29 is 18.0 Å². The Labute approximate surface area is 219 Å². The Balaban J connectivity index is 1.72. The number of aryl methyl sites for hydroxylation is 1. The number of benzene rings is 2. The molecule has 0 saturated heterocycles. The molecule has 0 unspecified atom stereocenters. The zero-order valence-corrected chi connectivity index (χ0v) is 22.8. The quantitative estimate of drug-likeness (QED) is 0.454. The second-order valence-corrected chi connectivity index (χ2v) is 11.9. The van der Waals surface area contributed by atoms with Crippen LogP contribution >= 0.6 is 11.6 Å². The van der Waals surface area contributed by atoms with Crippen LogP contribution < -0.4 is 9.62 Å². The van der Waals surface area contributed by atoms with Gasteiger partial charge in [-0.15, -0.1) is 0 Å². The number of sulfonamides is 1. The van der Waals surface area contributed by atoms with Crippen molar-refractivity contribution in [3.05, 3.63) is 64.7 Å². The van der Waals surface area contributed by atoms with Crippen LogP contribution in [0, 0.1) is 6.92 Å². The molecule has 0 radical (unpaired) electrons. The van der Waals surface area contributed by atoms with E-state index in [1.807, 2.05) is 37.3 Å². The lowest BCUT2D eigenvalue weighted by molar-refractivity contribution is -0.141. The number of halogens is 1. The van der Waals surface area contributed by atoms with Gasteiger partial charge in [-0.05, 0) is 68.5 Å². The Morgan fingerprint density at radius 3 is 2.44 bits per heavy atom. The Morgan fingerprint density at radius 2 is 1.81 bits per heavy atom. The van der Waals surface area contributed by atoms with Crippen molar-refractivity contribution in [2.45, 2.75) is 71.0 Å². The third-order valence-electron chi connectivity index (χ3n) is 6.55. The van der Waals surface area contributed by atoms with Gasteiger partial charge in [0.25, 0.3) is 0 Å². The summed E-state index contributed by atoms with van der Waals surface area (Å²) in [6.07, 6.45) is 5.72. The van der Waals surface area contributed by atoms with E-state index >= 15 is 0 Å². The molecule has 1 aliphatic carbocycles. The van der Waals surface area contributed by atoms with Gasteiger partial charge in [-0.25, -0.2) is 8.42 Å². The molecule has 1 fully saturated rings. The first kappa shape index (κ1) is 28.0. The SMILES string of the molecule is Cc1cccc(N(CCCC(=O)N(Cc2cccc(Cl)c2)[C@@H](C)C(=O)NC2CCCC2)S(C)(=O)=O)c1. The first-order valence-corrected chi connectivity index (χ1v) is 14.7. The molecule has 7 nitrogen and oxygen atoms in total. The van der Waals surface area contributed by atoms with Gasteiger partial charge in [0.2, 0.25) is 21.8 Å². The molecule has 1 N–H and O–H groups in total. The second kappa shape index (κ2) is 12.6. The van der Waals surface area contributed by atoms with Crippen molar-refractivity contribution in [1.29, 1.82) is 0 Å². The molecule has 9 heteroatoms. The highest BCUT2D eigenvalue weighted by Gasteiger charge is 2.28. The molecule has 36 heavy (non-hydrogen) atoms. The van der Waals surface area contributed by atoms with E-state index in [9.17, 15) is 18.0 Å². The van der Waals surface area contributed by atoms with E-state index in [0.29, 0.717) is 17.1 Å². The number of carbonyl (C=O) groups is 2. The summed E-state index contributed by atoms with van der Waals surface area (Å²) in [6, 6.07) is 14.0. The third-order valence-corrected chi connectivity index (χ3v) is 7.98. The number of carbonyl (C=O) groups excluding carboxylic acids is 2. The molecule has 2 amide bonds. The summed E-state index contributed by atoms with van der Waals surface area (Å²) in [6.45, 7) is 4.05. The molecule has 0 heterocycles. The Morgan fingerprint density at radius 1 is 1.11 bits per heavy atom. The van der Waals surface area contributed by atoms with Gasteiger partial charge in [-0.1, -0.05) is 48.7 Å². The Bertz CT molecular complexity index is 1170. The number of hydrogen-bond donors (Lipinski definition) is 1. The predicted octanol–water partition coefficient (Wildman–Crippen LogP) is 4.67. The van der Waals surface area contributed by atoms with Gasteiger partial charge in [0.15, 0.2) is 0 Å². The van der Waals surface area contributed by atoms with E-state index in [4.69, 9.17) is 11.6 Å². The summed E-state index contributed by atoms with van der Waals surface area (Å²) in [5.41, 5.74) is 2.35. The largest absolute Gasteiger partial charge is 0.352 e. The molecular weight excluding hydrogens is 498 g/mol. The molecule has 1 atom stereocenters. The summed E-state index contributed by atoms with van der Waals surface area (Å²) in [4.78, 5) is 28.0. The highest BCUT2D eigenvalue weighted by atomic mass is 35.5. The van der Waals surface area contributed by atoms with Gasteiger partial charge in [-0.2, -0.15) is 0 Å². The summed E-state index contributed by atoms with van der Waals surface area (Å²) in [5, 5.41) is 3.65. The number of rotatable bonds is 11. The lowest BCUT2D eigenvalue weighted by atomic mass is 10.1. The first-order chi connectivity index (χ1) is 17.0. The second-order valence-electron chi connectivity index (χ2n) is 9.60. The fourth-order valence-corrected chi connectivity index (χ4v) is 5.76. The average Bonchev–Trinajstić information content (AvgIpc) is 3.32. The summed E-state index contributed by atoms with van der Waals surface area (Å²) < 4.78 is 26.2. The van der Waals surface area contributed by atoms with Crippen LogP contribution in [0.3, 0.4) is 0 Å². The van der Waals surface area contributed by atoms with Gasteiger partial charge >= 0.3 is 0 Å². The monoisotopic (exact) mass is 533 g/mol. The Kier molecular flexibility index (Phi) is 9.79. The van der Waals surface area contributed by atoms with Crippen molar-refractivity contribution in [3.63, 3.8) is 0 Å². The summed E-state index contributed by atoms with van der Waals surface area (Å²) in [5.74, 6) is -0.378. The highest BCUT2D eigenvalue weighted by Crippen LogP contribution is 2.22. The number of nitrogens with one attached hydrogen (secondary N) is 1. The number of anilines is 1. The van der Waals surface area contributed by atoms with Gasteiger partial charge < -0.3 is 10.2 Å². The minimum atomic E-state index is -3.52. The topological polar surface area (TPSA) is 86.8 Å².